The summed E-state index contributed by atoms with van der Waals surface area (Å²) in [6, 6.07) is 1.69. The van der Waals surface area contributed by atoms with Gasteiger partial charge in [-0.15, -0.1) is 0 Å². The van der Waals surface area contributed by atoms with Gasteiger partial charge < -0.3 is 21.3 Å². The Balaban J connectivity index is 1.74. The molecule has 3 atom stereocenters. The summed E-state index contributed by atoms with van der Waals surface area (Å²) in [5.74, 6) is -4.30. The van der Waals surface area contributed by atoms with E-state index in [2.05, 4.69) is 21.3 Å². The van der Waals surface area contributed by atoms with Crippen molar-refractivity contribution in [3.63, 3.8) is 0 Å². The first-order chi connectivity index (χ1) is 17.8. The number of amides is 4. The van der Waals surface area contributed by atoms with Crippen LogP contribution in [0.5, 0.6) is 0 Å². The summed E-state index contributed by atoms with van der Waals surface area (Å²) >= 11 is 5.76. The summed E-state index contributed by atoms with van der Waals surface area (Å²) < 4.78 is 14.1. The van der Waals surface area contributed by atoms with Crippen molar-refractivity contribution >= 4 is 47.1 Å². The van der Waals surface area contributed by atoms with Crippen molar-refractivity contribution in [2.75, 3.05) is 6.54 Å². The van der Waals surface area contributed by atoms with E-state index < -0.39 is 52.7 Å². The van der Waals surface area contributed by atoms with Crippen LogP contribution < -0.4 is 21.3 Å². The largest absolute Gasteiger partial charge is 0.356 e. The normalized spacial score (nSPS) is 19.0. The summed E-state index contributed by atoms with van der Waals surface area (Å²) in [5.41, 5.74) is -0.251. The van der Waals surface area contributed by atoms with E-state index in [4.69, 9.17) is 11.6 Å². The zero-order valence-electron chi connectivity index (χ0n) is 21.7. The van der Waals surface area contributed by atoms with Gasteiger partial charge in [-0.2, -0.15) is 0 Å². The fourth-order valence-corrected chi connectivity index (χ4v) is 4.30. The Morgan fingerprint density at radius 3 is 2.42 bits per heavy atom. The van der Waals surface area contributed by atoms with Gasteiger partial charge in [0.15, 0.2) is 0 Å². The number of nitrogens with one attached hydrogen (secondary N) is 4. The lowest BCUT2D eigenvalue weighted by molar-refractivity contribution is -0.141. The quantitative estimate of drug-likeness (QED) is 0.249. The van der Waals surface area contributed by atoms with Gasteiger partial charge in [0.2, 0.25) is 23.5 Å². The molecule has 1 heterocycles. The smallest absolute Gasteiger partial charge is 0.289 e. The average Bonchev–Trinajstić information content (AvgIpc) is 3.55. The van der Waals surface area contributed by atoms with Gasteiger partial charge in [-0.3, -0.25) is 24.0 Å². The van der Waals surface area contributed by atoms with Crippen LogP contribution in [0.3, 0.4) is 0 Å². The molecule has 0 bridgehead atoms. The molecule has 11 heteroatoms. The topological polar surface area (TPSA) is 133 Å². The van der Waals surface area contributed by atoms with Crippen LogP contribution in [0.1, 0.15) is 58.4 Å². The first-order valence-corrected chi connectivity index (χ1v) is 13.1. The van der Waals surface area contributed by atoms with E-state index in [0.29, 0.717) is 13.0 Å². The summed E-state index contributed by atoms with van der Waals surface area (Å²) in [4.78, 5) is 63.6. The lowest BCUT2D eigenvalue weighted by Crippen LogP contribution is -2.55. The van der Waals surface area contributed by atoms with Crippen molar-refractivity contribution in [3.8, 4) is 0 Å². The minimum Gasteiger partial charge on any atom is -0.356 e. The fraction of sp³-hybridized carbons (Fsp3) is 0.519. The first kappa shape index (κ1) is 29.3. The highest BCUT2D eigenvalue weighted by molar-refractivity contribution is 6.38. The molecule has 2 unspecified atom stereocenters. The Morgan fingerprint density at radius 1 is 1.13 bits per heavy atom. The molecule has 0 spiro atoms. The van der Waals surface area contributed by atoms with E-state index in [1.165, 1.54) is 18.2 Å². The van der Waals surface area contributed by atoms with Crippen molar-refractivity contribution in [1.82, 2.24) is 21.3 Å². The standard InChI is InChI=1S/C27H34ClFN4O5/c1-27(2,3)14-21(32-22(34)9-5-15-4-6-17(28)13-19(15)29)25(37)33-20(12-16-10-11-30-24(16)36)23(35)26(38)31-18-7-8-18/h4-6,9,13,16,18,20-21H,7-8,10-12,14H2,1-3H3,(H,30,36)(H,31,38)(H,32,34)(H,33,37)/b9-5+/t16-,20?,21?/m0/s1. The molecule has 2 aliphatic rings. The highest BCUT2D eigenvalue weighted by Crippen LogP contribution is 2.23. The van der Waals surface area contributed by atoms with Crippen LogP contribution in [0, 0.1) is 17.2 Å². The Hall–Kier alpha value is -3.27. The minimum absolute atomic E-state index is 0.0274. The predicted octanol–water partition coefficient (Wildman–Crippen LogP) is 2.27. The van der Waals surface area contributed by atoms with E-state index in [1.807, 2.05) is 20.8 Å². The number of ketones is 1. The third-order valence-corrected chi connectivity index (χ3v) is 6.51. The van der Waals surface area contributed by atoms with Gasteiger partial charge in [0.1, 0.15) is 11.9 Å². The van der Waals surface area contributed by atoms with E-state index in [1.54, 1.807) is 0 Å². The van der Waals surface area contributed by atoms with E-state index in [-0.39, 0.29) is 35.4 Å². The molecule has 1 saturated carbocycles. The highest BCUT2D eigenvalue weighted by Gasteiger charge is 2.37. The number of hydrogen-bond donors (Lipinski definition) is 4. The minimum atomic E-state index is -1.23. The molecule has 4 amide bonds. The molecule has 1 aromatic rings. The number of Topliss-reactive ketones (excluding diaryl/α,β-unsaturated/α-hetero) is 1. The van der Waals surface area contributed by atoms with Gasteiger partial charge in [-0.05, 0) is 55.7 Å². The molecule has 1 aliphatic carbocycles. The molecule has 9 nitrogen and oxygen atoms in total. The second kappa shape index (κ2) is 12.5. The highest BCUT2D eigenvalue weighted by atomic mass is 35.5. The van der Waals surface area contributed by atoms with Crippen LogP contribution in [0.15, 0.2) is 24.3 Å². The van der Waals surface area contributed by atoms with E-state index >= 15 is 0 Å². The summed E-state index contributed by atoms with van der Waals surface area (Å²) in [6.07, 6.45) is 4.61. The molecule has 2 fully saturated rings. The van der Waals surface area contributed by atoms with Gasteiger partial charge in [-0.25, -0.2) is 4.39 Å². The van der Waals surface area contributed by atoms with Crippen molar-refractivity contribution in [3.05, 3.63) is 40.7 Å². The van der Waals surface area contributed by atoms with Crippen LogP contribution in [0.4, 0.5) is 4.39 Å². The monoisotopic (exact) mass is 548 g/mol. The summed E-state index contributed by atoms with van der Waals surface area (Å²) in [6.45, 7) is 6.10. The molecule has 38 heavy (non-hydrogen) atoms. The zero-order valence-corrected chi connectivity index (χ0v) is 22.5. The van der Waals surface area contributed by atoms with Crippen LogP contribution in [0.2, 0.25) is 5.02 Å². The van der Waals surface area contributed by atoms with Crippen LogP contribution >= 0.6 is 11.6 Å². The Bertz CT molecular complexity index is 1130. The number of rotatable bonds is 11. The van der Waals surface area contributed by atoms with Crippen molar-refractivity contribution in [2.24, 2.45) is 11.3 Å². The SMILES string of the molecule is CC(C)(C)CC(NC(=O)/C=C/c1ccc(Cl)cc1F)C(=O)NC(C[C@@H]1CCNC1=O)C(=O)C(=O)NC1CC1. The maximum atomic E-state index is 14.1. The second-order valence-electron chi connectivity index (χ2n) is 11.0. The van der Waals surface area contributed by atoms with Gasteiger partial charge >= 0.3 is 0 Å². The number of halogens is 2. The third kappa shape index (κ3) is 8.93. The number of carbonyl (C=O) groups is 5. The molecule has 0 aromatic heterocycles. The second-order valence-corrected chi connectivity index (χ2v) is 11.4. The van der Waals surface area contributed by atoms with Gasteiger partial charge in [0.05, 0.1) is 6.04 Å². The van der Waals surface area contributed by atoms with Gasteiger partial charge in [-0.1, -0.05) is 38.4 Å². The summed E-state index contributed by atoms with van der Waals surface area (Å²) in [7, 11) is 0. The molecular weight excluding hydrogens is 515 g/mol. The molecule has 3 rings (SSSR count). The first-order valence-electron chi connectivity index (χ1n) is 12.7. The van der Waals surface area contributed by atoms with Crippen LogP contribution in [-0.2, 0) is 24.0 Å². The predicted molar refractivity (Wildman–Crippen MR) is 140 cm³/mol. The lowest BCUT2D eigenvalue weighted by atomic mass is 9.87. The fourth-order valence-electron chi connectivity index (χ4n) is 4.14. The molecule has 1 saturated heterocycles. The molecular formula is C27H34ClFN4O5. The summed E-state index contributed by atoms with van der Waals surface area (Å²) in [5, 5.41) is 10.8. The van der Waals surface area contributed by atoms with Crippen LogP contribution in [0.25, 0.3) is 6.08 Å². The van der Waals surface area contributed by atoms with E-state index in [9.17, 15) is 28.4 Å². The number of hydrogen-bond acceptors (Lipinski definition) is 5. The zero-order chi connectivity index (χ0) is 28.0. The van der Waals surface area contributed by atoms with Crippen molar-refractivity contribution in [2.45, 2.75) is 71.0 Å². The Kier molecular flexibility index (Phi) is 9.65. The van der Waals surface area contributed by atoms with Gasteiger partial charge in [0, 0.05) is 35.2 Å². The lowest BCUT2D eigenvalue weighted by Gasteiger charge is -2.28. The molecule has 1 aromatic carbocycles. The van der Waals surface area contributed by atoms with Crippen LogP contribution in [-0.4, -0.2) is 54.1 Å². The molecule has 0 radical (unpaired) electrons. The number of benzene rings is 1. The molecule has 4 N–H and O–H groups in total. The Morgan fingerprint density at radius 2 is 1.84 bits per heavy atom. The van der Waals surface area contributed by atoms with Gasteiger partial charge in [0.25, 0.3) is 5.91 Å². The maximum absolute atomic E-state index is 14.1. The van der Waals surface area contributed by atoms with Crippen molar-refractivity contribution in [1.29, 1.82) is 0 Å². The molecule has 206 valence electrons. The van der Waals surface area contributed by atoms with Crippen molar-refractivity contribution < 1.29 is 28.4 Å². The van der Waals surface area contributed by atoms with E-state index in [0.717, 1.165) is 25.0 Å². The third-order valence-electron chi connectivity index (χ3n) is 6.28. The Labute approximate surface area is 226 Å². The molecule has 1 aliphatic heterocycles. The maximum Gasteiger partial charge on any atom is 0.289 e. The number of carbonyl (C=O) groups excluding carboxylic acids is 5. The average molecular weight is 549 g/mol.